The van der Waals surface area contributed by atoms with Crippen molar-refractivity contribution in [2.75, 3.05) is 40.0 Å². The average molecular weight is 316 g/mol. The maximum absolute atomic E-state index is 12.0. The fraction of sp³-hybridized carbons (Fsp3) is 0.571. The maximum atomic E-state index is 12.0. The molecule has 0 fully saturated rings. The monoisotopic (exact) mass is 316 g/mol. The van der Waals surface area contributed by atoms with Gasteiger partial charge < -0.3 is 14.8 Å². The first-order valence-corrected chi connectivity index (χ1v) is 8.44. The van der Waals surface area contributed by atoms with Gasteiger partial charge in [0.05, 0.1) is 24.7 Å². The molecule has 0 aliphatic heterocycles. The molecule has 0 unspecified atom stereocenters. The largest absolute Gasteiger partial charge is 0.382 e. The Kier molecular flexibility index (Phi) is 8.48. The fourth-order valence-electron chi connectivity index (χ4n) is 1.63. The van der Waals surface area contributed by atoms with Gasteiger partial charge in [0.25, 0.3) is 0 Å². The molecule has 1 rings (SSSR count). The Morgan fingerprint density at radius 2 is 1.81 bits per heavy atom. The van der Waals surface area contributed by atoms with Crippen LogP contribution in [0.15, 0.2) is 29.2 Å². The van der Waals surface area contributed by atoms with Crippen molar-refractivity contribution in [2.24, 2.45) is 0 Å². The van der Waals surface area contributed by atoms with E-state index in [2.05, 4.69) is 10.0 Å². The van der Waals surface area contributed by atoms with Crippen LogP contribution in [0.3, 0.4) is 0 Å². The van der Waals surface area contributed by atoms with E-state index in [1.165, 1.54) is 0 Å². The van der Waals surface area contributed by atoms with Gasteiger partial charge in [-0.15, -0.1) is 0 Å². The van der Waals surface area contributed by atoms with Crippen molar-refractivity contribution in [3.05, 3.63) is 29.8 Å². The minimum Gasteiger partial charge on any atom is -0.382 e. The van der Waals surface area contributed by atoms with Crippen molar-refractivity contribution in [1.82, 2.24) is 10.0 Å². The Bertz CT molecular complexity index is 488. The molecule has 0 bridgehead atoms. The molecule has 0 saturated heterocycles. The molecule has 0 atom stereocenters. The first-order chi connectivity index (χ1) is 10.1. The molecular formula is C14H24N2O4S. The molecule has 0 heterocycles. The first kappa shape index (κ1) is 18.1. The Morgan fingerprint density at radius 1 is 1.10 bits per heavy atom. The highest BCUT2D eigenvalue weighted by molar-refractivity contribution is 7.89. The minimum absolute atomic E-state index is 0.241. The molecule has 120 valence electrons. The molecule has 0 amide bonds. The van der Waals surface area contributed by atoms with Crippen LogP contribution in [0.5, 0.6) is 0 Å². The van der Waals surface area contributed by atoms with Crippen LogP contribution >= 0.6 is 0 Å². The highest BCUT2D eigenvalue weighted by Crippen LogP contribution is 2.10. The van der Waals surface area contributed by atoms with Crippen LogP contribution in [0.25, 0.3) is 0 Å². The molecule has 0 spiro atoms. The number of nitrogens with one attached hydrogen (secondary N) is 2. The second-order valence-corrected chi connectivity index (χ2v) is 6.19. The van der Waals surface area contributed by atoms with E-state index in [4.69, 9.17) is 9.47 Å². The third kappa shape index (κ3) is 7.01. The Hall–Kier alpha value is -0.990. The number of sulfonamides is 1. The van der Waals surface area contributed by atoms with Crippen LogP contribution in [0.2, 0.25) is 0 Å². The highest BCUT2D eigenvalue weighted by atomic mass is 32.2. The number of ether oxygens (including phenoxy) is 2. The number of hydrogen-bond acceptors (Lipinski definition) is 5. The van der Waals surface area contributed by atoms with Gasteiger partial charge in [0.2, 0.25) is 10.0 Å². The van der Waals surface area contributed by atoms with Gasteiger partial charge >= 0.3 is 0 Å². The third-order valence-corrected chi connectivity index (χ3v) is 4.26. The smallest absolute Gasteiger partial charge is 0.240 e. The Balaban J connectivity index is 2.42. The van der Waals surface area contributed by atoms with E-state index < -0.39 is 10.0 Å². The lowest BCUT2D eigenvalue weighted by molar-refractivity contribution is 0.0736. The maximum Gasteiger partial charge on any atom is 0.240 e. The van der Waals surface area contributed by atoms with Crippen molar-refractivity contribution in [1.29, 1.82) is 0 Å². The second-order valence-electron chi connectivity index (χ2n) is 4.43. The van der Waals surface area contributed by atoms with Gasteiger partial charge in [0, 0.05) is 20.2 Å². The van der Waals surface area contributed by atoms with Gasteiger partial charge in [0.15, 0.2) is 0 Å². The zero-order valence-electron chi connectivity index (χ0n) is 12.6. The molecule has 2 N–H and O–H groups in total. The van der Waals surface area contributed by atoms with Crippen molar-refractivity contribution < 1.29 is 17.9 Å². The van der Waals surface area contributed by atoms with Gasteiger partial charge in [-0.2, -0.15) is 0 Å². The molecule has 0 aromatic heterocycles. The number of benzene rings is 1. The quantitative estimate of drug-likeness (QED) is 0.589. The summed E-state index contributed by atoms with van der Waals surface area (Å²) in [4.78, 5) is 0.264. The van der Waals surface area contributed by atoms with Crippen molar-refractivity contribution >= 4 is 10.0 Å². The van der Waals surface area contributed by atoms with Crippen LogP contribution in [0.1, 0.15) is 12.5 Å². The van der Waals surface area contributed by atoms with Crippen molar-refractivity contribution in [3.63, 3.8) is 0 Å². The van der Waals surface area contributed by atoms with Crippen LogP contribution in [0.4, 0.5) is 0 Å². The van der Waals surface area contributed by atoms with Gasteiger partial charge in [-0.05, 0) is 24.2 Å². The topological polar surface area (TPSA) is 76.7 Å². The van der Waals surface area contributed by atoms with Crippen LogP contribution in [0, 0.1) is 0 Å². The molecule has 0 saturated carbocycles. The van der Waals surface area contributed by atoms with E-state index in [0.29, 0.717) is 19.8 Å². The normalized spacial score (nSPS) is 11.7. The number of methoxy groups -OCH3 is 1. The SMILES string of the molecule is CCNCc1ccc(S(=O)(=O)NCCOCCOC)cc1. The third-order valence-electron chi connectivity index (χ3n) is 2.78. The minimum atomic E-state index is -3.47. The number of rotatable bonds is 11. The number of hydrogen-bond donors (Lipinski definition) is 2. The second kappa shape index (κ2) is 9.86. The molecule has 21 heavy (non-hydrogen) atoms. The summed E-state index contributed by atoms with van der Waals surface area (Å²) in [5.41, 5.74) is 1.05. The molecule has 1 aromatic rings. The standard InChI is InChI=1S/C14H24N2O4S/c1-3-15-12-13-4-6-14(7-5-13)21(17,18)16-8-9-20-11-10-19-2/h4-7,15-16H,3,8-12H2,1-2H3. The molecule has 7 heteroatoms. The summed E-state index contributed by atoms with van der Waals surface area (Å²) >= 11 is 0. The summed E-state index contributed by atoms with van der Waals surface area (Å²) < 4.78 is 36.6. The molecule has 1 aromatic carbocycles. The fourth-order valence-corrected chi connectivity index (χ4v) is 2.64. The van der Waals surface area contributed by atoms with E-state index >= 15 is 0 Å². The Labute approximate surface area is 126 Å². The molecule has 0 aliphatic carbocycles. The van der Waals surface area contributed by atoms with Crippen LogP contribution in [-0.4, -0.2) is 48.4 Å². The molecule has 6 nitrogen and oxygen atoms in total. The summed E-state index contributed by atoms with van der Waals surface area (Å²) in [6, 6.07) is 6.85. The van der Waals surface area contributed by atoms with Crippen LogP contribution < -0.4 is 10.0 Å². The van der Waals surface area contributed by atoms with E-state index in [1.54, 1.807) is 19.2 Å². The lowest BCUT2D eigenvalue weighted by atomic mass is 10.2. The van der Waals surface area contributed by atoms with E-state index in [1.807, 2.05) is 19.1 Å². The predicted octanol–water partition coefficient (Wildman–Crippen LogP) is 0.737. The van der Waals surface area contributed by atoms with Crippen molar-refractivity contribution in [3.8, 4) is 0 Å². The predicted molar refractivity (Wildman–Crippen MR) is 81.7 cm³/mol. The van der Waals surface area contributed by atoms with E-state index in [-0.39, 0.29) is 11.4 Å². The Morgan fingerprint density at radius 3 is 2.43 bits per heavy atom. The molecule has 0 radical (unpaired) electrons. The van der Waals surface area contributed by atoms with Gasteiger partial charge in [-0.25, -0.2) is 13.1 Å². The molecular weight excluding hydrogens is 292 g/mol. The zero-order valence-corrected chi connectivity index (χ0v) is 13.4. The van der Waals surface area contributed by atoms with Crippen molar-refractivity contribution in [2.45, 2.75) is 18.4 Å². The van der Waals surface area contributed by atoms with Gasteiger partial charge in [0.1, 0.15) is 0 Å². The first-order valence-electron chi connectivity index (χ1n) is 6.96. The van der Waals surface area contributed by atoms with Crippen LogP contribution in [-0.2, 0) is 26.0 Å². The summed E-state index contributed by atoms with van der Waals surface area (Å²) in [6.45, 7) is 5.16. The average Bonchev–Trinajstić information content (AvgIpc) is 2.49. The summed E-state index contributed by atoms with van der Waals surface area (Å²) in [6.07, 6.45) is 0. The van der Waals surface area contributed by atoms with Gasteiger partial charge in [-0.3, -0.25) is 0 Å². The molecule has 0 aliphatic rings. The summed E-state index contributed by atoms with van der Waals surface area (Å²) in [7, 11) is -1.88. The summed E-state index contributed by atoms with van der Waals surface area (Å²) in [5.74, 6) is 0. The highest BCUT2D eigenvalue weighted by Gasteiger charge is 2.12. The summed E-state index contributed by atoms with van der Waals surface area (Å²) in [5, 5.41) is 3.19. The lowest BCUT2D eigenvalue weighted by Gasteiger charge is -2.08. The zero-order chi connectivity index (χ0) is 15.6. The van der Waals surface area contributed by atoms with E-state index in [0.717, 1.165) is 18.7 Å². The lowest BCUT2D eigenvalue weighted by Crippen LogP contribution is -2.27. The van der Waals surface area contributed by atoms with E-state index in [9.17, 15) is 8.42 Å². The van der Waals surface area contributed by atoms with Gasteiger partial charge in [-0.1, -0.05) is 19.1 Å².